The molecule has 0 saturated carbocycles. The van der Waals surface area contributed by atoms with Crippen LogP contribution in [0.3, 0.4) is 0 Å². The molecule has 0 aromatic carbocycles. The van der Waals surface area contributed by atoms with Gasteiger partial charge in [-0.2, -0.15) is 0 Å². The summed E-state index contributed by atoms with van der Waals surface area (Å²) < 4.78 is 0. The number of nitrogens with zero attached hydrogens (tertiary/aromatic N) is 4. The largest absolute Gasteiger partial charge is 0.315 e. The van der Waals surface area contributed by atoms with Crippen molar-refractivity contribution < 1.29 is 0 Å². The van der Waals surface area contributed by atoms with Crippen molar-refractivity contribution in [2.45, 2.75) is 32.2 Å². The first kappa shape index (κ1) is 12.4. The molecule has 1 aliphatic rings. The van der Waals surface area contributed by atoms with Crippen molar-refractivity contribution in [2.24, 2.45) is 0 Å². The molecule has 1 aliphatic heterocycles. The van der Waals surface area contributed by atoms with Crippen LogP contribution in [0.25, 0.3) is 0 Å². The molecule has 2 aromatic heterocycles. The Hall–Kier alpha value is -1.60. The van der Waals surface area contributed by atoms with Crippen LogP contribution in [0.4, 0.5) is 10.9 Å². The van der Waals surface area contributed by atoms with Crippen LogP contribution in [0.15, 0.2) is 11.6 Å². The Bertz CT molecular complexity index is 535. The van der Waals surface area contributed by atoms with Crippen molar-refractivity contribution >= 4 is 22.3 Å². The van der Waals surface area contributed by atoms with Gasteiger partial charge in [-0.1, -0.05) is 17.8 Å². The van der Waals surface area contributed by atoms with Gasteiger partial charge in [-0.15, -0.1) is 10.2 Å². The molecule has 19 heavy (non-hydrogen) atoms. The van der Waals surface area contributed by atoms with Gasteiger partial charge in [-0.25, -0.2) is 9.97 Å². The fraction of sp³-hybridized carbons (Fsp3) is 0.500. The maximum absolute atomic E-state index is 4.54. The van der Waals surface area contributed by atoms with E-state index in [0.717, 1.165) is 35.4 Å². The minimum atomic E-state index is 0.338. The molecule has 7 heteroatoms. The van der Waals surface area contributed by atoms with E-state index in [2.05, 4.69) is 30.8 Å². The molecule has 0 spiro atoms. The van der Waals surface area contributed by atoms with Crippen LogP contribution in [0.2, 0.25) is 0 Å². The number of aromatic nitrogens is 4. The number of nitrogens with one attached hydrogen (secondary N) is 2. The minimum absolute atomic E-state index is 0.338. The lowest BCUT2D eigenvalue weighted by Crippen LogP contribution is -2.27. The fourth-order valence-electron chi connectivity index (χ4n) is 2.27. The summed E-state index contributed by atoms with van der Waals surface area (Å²) in [4.78, 5) is 8.93. The zero-order chi connectivity index (χ0) is 13.1. The molecule has 3 heterocycles. The lowest BCUT2D eigenvalue weighted by Gasteiger charge is -2.23. The van der Waals surface area contributed by atoms with Crippen LogP contribution >= 0.6 is 11.3 Å². The molecule has 0 radical (unpaired) electrons. The molecule has 0 bridgehead atoms. The second-order valence-corrected chi connectivity index (χ2v) is 5.43. The second kappa shape index (κ2) is 5.58. The SMILES string of the molecule is Cc1nc(Nc2nncs2)cc(C2CCCCN2)n1. The Morgan fingerprint density at radius 1 is 1.37 bits per heavy atom. The van der Waals surface area contributed by atoms with Gasteiger partial charge in [0.15, 0.2) is 0 Å². The molecular weight excluding hydrogens is 260 g/mol. The highest BCUT2D eigenvalue weighted by Gasteiger charge is 2.17. The van der Waals surface area contributed by atoms with E-state index in [9.17, 15) is 0 Å². The first-order chi connectivity index (χ1) is 9.31. The van der Waals surface area contributed by atoms with Crippen molar-refractivity contribution in [3.8, 4) is 0 Å². The van der Waals surface area contributed by atoms with Crippen LogP contribution in [-0.2, 0) is 0 Å². The third-order valence-electron chi connectivity index (χ3n) is 3.12. The Morgan fingerprint density at radius 2 is 2.32 bits per heavy atom. The number of rotatable bonds is 3. The zero-order valence-corrected chi connectivity index (χ0v) is 11.6. The highest BCUT2D eigenvalue weighted by Crippen LogP contribution is 2.24. The van der Waals surface area contributed by atoms with Crippen molar-refractivity contribution in [3.05, 3.63) is 23.1 Å². The highest BCUT2D eigenvalue weighted by molar-refractivity contribution is 7.13. The Morgan fingerprint density at radius 3 is 3.05 bits per heavy atom. The van der Waals surface area contributed by atoms with E-state index in [1.165, 1.54) is 24.2 Å². The molecule has 1 unspecified atom stereocenters. The fourth-order valence-corrected chi connectivity index (χ4v) is 2.73. The van der Waals surface area contributed by atoms with Crippen molar-refractivity contribution in [1.82, 2.24) is 25.5 Å². The molecule has 0 aliphatic carbocycles. The van der Waals surface area contributed by atoms with E-state index < -0.39 is 0 Å². The third kappa shape index (κ3) is 3.05. The first-order valence-electron chi connectivity index (χ1n) is 6.43. The number of anilines is 2. The van der Waals surface area contributed by atoms with Crippen LogP contribution in [0.5, 0.6) is 0 Å². The number of aryl methyl sites for hydroxylation is 1. The number of hydrogen-bond acceptors (Lipinski definition) is 7. The lowest BCUT2D eigenvalue weighted by atomic mass is 10.0. The van der Waals surface area contributed by atoms with Crippen LogP contribution in [0.1, 0.15) is 36.8 Å². The van der Waals surface area contributed by atoms with Gasteiger partial charge in [0.05, 0.1) is 5.69 Å². The normalized spacial score (nSPS) is 19.3. The standard InChI is InChI=1S/C12H16N6S/c1-8-15-10(9-4-2-3-5-13-9)6-11(16-8)17-12-18-14-7-19-12/h6-7,9,13H,2-5H2,1H3,(H,15,16,17,18). The minimum Gasteiger partial charge on any atom is -0.315 e. The zero-order valence-electron chi connectivity index (χ0n) is 10.8. The summed E-state index contributed by atoms with van der Waals surface area (Å²) in [6, 6.07) is 2.34. The Kier molecular flexibility index (Phi) is 3.65. The highest BCUT2D eigenvalue weighted by atomic mass is 32.1. The molecule has 100 valence electrons. The van der Waals surface area contributed by atoms with Gasteiger partial charge in [-0.05, 0) is 26.3 Å². The van der Waals surface area contributed by atoms with E-state index in [1.54, 1.807) is 5.51 Å². The summed E-state index contributed by atoms with van der Waals surface area (Å²) in [5.74, 6) is 1.56. The maximum Gasteiger partial charge on any atom is 0.210 e. The predicted molar refractivity (Wildman–Crippen MR) is 74.6 cm³/mol. The van der Waals surface area contributed by atoms with E-state index in [1.807, 2.05) is 13.0 Å². The smallest absolute Gasteiger partial charge is 0.210 e. The summed E-state index contributed by atoms with van der Waals surface area (Å²) in [5, 5.41) is 15.2. The summed E-state index contributed by atoms with van der Waals surface area (Å²) in [5.41, 5.74) is 2.75. The first-order valence-corrected chi connectivity index (χ1v) is 7.31. The molecule has 1 saturated heterocycles. The molecule has 2 N–H and O–H groups in total. The average Bonchev–Trinajstić information content (AvgIpc) is 2.92. The molecule has 6 nitrogen and oxygen atoms in total. The van der Waals surface area contributed by atoms with Gasteiger partial charge in [0.2, 0.25) is 5.13 Å². The second-order valence-electron chi connectivity index (χ2n) is 4.60. The number of piperidine rings is 1. The molecule has 1 fully saturated rings. The predicted octanol–water partition coefficient (Wildman–Crippen LogP) is 2.19. The molecule has 3 rings (SSSR count). The van der Waals surface area contributed by atoms with E-state index in [4.69, 9.17) is 0 Å². The van der Waals surface area contributed by atoms with Crippen molar-refractivity contribution in [2.75, 3.05) is 11.9 Å². The van der Waals surface area contributed by atoms with Gasteiger partial charge in [-0.3, -0.25) is 0 Å². The van der Waals surface area contributed by atoms with Crippen molar-refractivity contribution in [1.29, 1.82) is 0 Å². The molecule has 0 amide bonds. The van der Waals surface area contributed by atoms with Crippen molar-refractivity contribution in [3.63, 3.8) is 0 Å². The quantitative estimate of drug-likeness (QED) is 0.895. The lowest BCUT2D eigenvalue weighted by molar-refractivity contribution is 0.404. The summed E-state index contributed by atoms with van der Waals surface area (Å²) >= 11 is 1.46. The summed E-state index contributed by atoms with van der Waals surface area (Å²) in [6.07, 6.45) is 3.63. The monoisotopic (exact) mass is 276 g/mol. The maximum atomic E-state index is 4.54. The third-order valence-corrected chi connectivity index (χ3v) is 3.73. The Labute approximate surface area is 115 Å². The summed E-state index contributed by atoms with van der Waals surface area (Å²) in [6.45, 7) is 2.98. The molecule has 2 aromatic rings. The van der Waals surface area contributed by atoms with Gasteiger partial charge in [0, 0.05) is 12.1 Å². The van der Waals surface area contributed by atoms with E-state index in [0.29, 0.717) is 6.04 Å². The van der Waals surface area contributed by atoms with Crippen LogP contribution in [0, 0.1) is 6.92 Å². The topological polar surface area (TPSA) is 75.6 Å². The van der Waals surface area contributed by atoms with E-state index >= 15 is 0 Å². The summed E-state index contributed by atoms with van der Waals surface area (Å²) in [7, 11) is 0. The van der Waals surface area contributed by atoms with Gasteiger partial charge in [0.1, 0.15) is 17.2 Å². The molecular formula is C12H16N6S. The van der Waals surface area contributed by atoms with Gasteiger partial charge in [0.25, 0.3) is 0 Å². The van der Waals surface area contributed by atoms with Crippen LogP contribution < -0.4 is 10.6 Å². The van der Waals surface area contributed by atoms with Gasteiger partial charge < -0.3 is 10.6 Å². The van der Waals surface area contributed by atoms with Gasteiger partial charge >= 0.3 is 0 Å². The average molecular weight is 276 g/mol. The Balaban J connectivity index is 1.82. The number of hydrogen-bond donors (Lipinski definition) is 2. The van der Waals surface area contributed by atoms with Crippen LogP contribution in [-0.4, -0.2) is 26.7 Å². The van der Waals surface area contributed by atoms with E-state index in [-0.39, 0.29) is 0 Å². The molecule has 1 atom stereocenters.